The molecule has 3 rings (SSSR count). The fourth-order valence-electron chi connectivity index (χ4n) is 2.92. The molecule has 1 atom stereocenters. The zero-order valence-electron chi connectivity index (χ0n) is 14.7. The highest BCUT2D eigenvalue weighted by atomic mass is 19.4. The molecule has 0 unspecified atom stereocenters. The molecule has 0 fully saturated rings. The molecule has 0 spiro atoms. The monoisotopic (exact) mass is 395 g/mol. The van der Waals surface area contributed by atoms with Crippen LogP contribution in [0.3, 0.4) is 0 Å². The number of carboxylic acid groups (broad SMARTS) is 1. The molecule has 0 radical (unpaired) electrons. The number of hydrogen-bond donors (Lipinski definition) is 2. The van der Waals surface area contributed by atoms with Crippen molar-refractivity contribution in [2.24, 2.45) is 0 Å². The molecule has 2 aromatic carbocycles. The van der Waals surface area contributed by atoms with Gasteiger partial charge in [0, 0.05) is 6.42 Å². The van der Waals surface area contributed by atoms with Gasteiger partial charge in [-0.1, -0.05) is 12.1 Å². The Labute approximate surface area is 157 Å². The van der Waals surface area contributed by atoms with E-state index in [2.05, 4.69) is 5.32 Å². The van der Waals surface area contributed by atoms with Crippen molar-refractivity contribution in [3.8, 4) is 11.5 Å². The average molecular weight is 395 g/mol. The third-order valence-corrected chi connectivity index (χ3v) is 4.25. The minimum Gasteiger partial charge on any atom is -0.497 e. The summed E-state index contributed by atoms with van der Waals surface area (Å²) < 4.78 is 50.5. The number of anilines is 1. The first-order valence-corrected chi connectivity index (χ1v) is 8.23. The van der Waals surface area contributed by atoms with Crippen LogP contribution in [0.2, 0.25) is 0 Å². The molecule has 0 saturated heterocycles. The molecule has 28 heavy (non-hydrogen) atoms. The number of carbonyl (C=O) groups is 2. The lowest BCUT2D eigenvalue weighted by molar-refractivity contribution is -0.139. The molecule has 1 amide bonds. The number of benzene rings is 2. The second kappa shape index (κ2) is 7.41. The minimum atomic E-state index is -4.75. The summed E-state index contributed by atoms with van der Waals surface area (Å²) in [7, 11) is 1.51. The Morgan fingerprint density at radius 2 is 1.93 bits per heavy atom. The topological polar surface area (TPSA) is 84.9 Å². The first-order valence-electron chi connectivity index (χ1n) is 8.23. The van der Waals surface area contributed by atoms with Crippen molar-refractivity contribution in [2.45, 2.75) is 25.1 Å². The molecule has 2 N–H and O–H groups in total. The normalized spacial score (nSPS) is 16.0. The van der Waals surface area contributed by atoms with E-state index in [1.54, 1.807) is 24.3 Å². The lowest BCUT2D eigenvalue weighted by atomic mass is 10.00. The van der Waals surface area contributed by atoms with Gasteiger partial charge < -0.3 is 19.9 Å². The van der Waals surface area contributed by atoms with Crippen molar-refractivity contribution in [1.82, 2.24) is 0 Å². The van der Waals surface area contributed by atoms with Gasteiger partial charge in [-0.25, -0.2) is 0 Å². The van der Waals surface area contributed by atoms with Gasteiger partial charge in [-0.3, -0.25) is 9.59 Å². The van der Waals surface area contributed by atoms with Gasteiger partial charge in [0.1, 0.15) is 11.5 Å². The maximum atomic E-state index is 13.3. The number of ether oxygens (including phenoxy) is 2. The Bertz CT molecular complexity index is 909. The molecule has 1 aliphatic heterocycles. The number of halogens is 3. The molecule has 0 aliphatic carbocycles. The highest BCUT2D eigenvalue weighted by molar-refractivity contribution is 5.98. The maximum absolute atomic E-state index is 13.3. The van der Waals surface area contributed by atoms with Gasteiger partial charge in [0.25, 0.3) is 5.91 Å². The summed E-state index contributed by atoms with van der Waals surface area (Å²) in [5, 5.41) is 11.4. The van der Waals surface area contributed by atoms with Crippen LogP contribution in [0.4, 0.5) is 18.9 Å². The zero-order valence-corrected chi connectivity index (χ0v) is 14.7. The van der Waals surface area contributed by atoms with Crippen LogP contribution in [-0.4, -0.2) is 30.2 Å². The number of hydrogen-bond acceptors (Lipinski definition) is 4. The number of carbonyl (C=O) groups excluding carboxylic acids is 1. The van der Waals surface area contributed by atoms with Crippen LogP contribution in [0.15, 0.2) is 36.4 Å². The average Bonchev–Trinajstić information content (AvgIpc) is 2.61. The summed E-state index contributed by atoms with van der Waals surface area (Å²) in [4.78, 5) is 23.2. The highest BCUT2D eigenvalue weighted by Crippen LogP contribution is 2.40. The second-order valence-electron chi connectivity index (χ2n) is 6.22. The van der Waals surface area contributed by atoms with Crippen LogP contribution in [0, 0.1) is 0 Å². The van der Waals surface area contributed by atoms with Crippen molar-refractivity contribution in [3.05, 3.63) is 53.1 Å². The molecular formula is C19H16F3NO5. The van der Waals surface area contributed by atoms with Gasteiger partial charge in [-0.15, -0.1) is 0 Å². The van der Waals surface area contributed by atoms with Crippen LogP contribution < -0.4 is 14.8 Å². The van der Waals surface area contributed by atoms with Gasteiger partial charge in [-0.05, 0) is 35.4 Å². The molecule has 148 valence electrons. The summed E-state index contributed by atoms with van der Waals surface area (Å²) in [5.41, 5.74) is -0.799. The molecule has 1 aliphatic rings. The summed E-state index contributed by atoms with van der Waals surface area (Å²) >= 11 is 0. The summed E-state index contributed by atoms with van der Waals surface area (Å²) in [6.45, 7) is 0. The molecule has 9 heteroatoms. The fraction of sp³-hybridized carbons (Fsp3) is 0.263. The lowest BCUT2D eigenvalue weighted by Gasteiger charge is -2.27. The van der Waals surface area contributed by atoms with E-state index < -0.39 is 41.7 Å². The van der Waals surface area contributed by atoms with Gasteiger partial charge in [0.15, 0.2) is 6.10 Å². The van der Waals surface area contributed by atoms with Crippen molar-refractivity contribution in [3.63, 3.8) is 0 Å². The van der Waals surface area contributed by atoms with Crippen molar-refractivity contribution >= 4 is 17.6 Å². The van der Waals surface area contributed by atoms with Gasteiger partial charge in [0.05, 0.1) is 24.8 Å². The molecule has 6 nitrogen and oxygen atoms in total. The Balaban J connectivity index is 1.89. The maximum Gasteiger partial charge on any atom is 0.416 e. The lowest BCUT2D eigenvalue weighted by Crippen LogP contribution is -2.38. The first-order chi connectivity index (χ1) is 13.2. The number of carboxylic acids is 1. The van der Waals surface area contributed by atoms with Crippen molar-refractivity contribution in [2.75, 3.05) is 12.4 Å². The fourth-order valence-corrected chi connectivity index (χ4v) is 2.92. The largest absolute Gasteiger partial charge is 0.497 e. The Morgan fingerprint density at radius 3 is 2.50 bits per heavy atom. The molecule has 0 aromatic heterocycles. The van der Waals surface area contributed by atoms with E-state index in [0.29, 0.717) is 5.75 Å². The number of nitrogens with one attached hydrogen (secondary N) is 1. The Morgan fingerprint density at radius 1 is 1.25 bits per heavy atom. The first kappa shape index (κ1) is 19.5. The number of amides is 1. The van der Waals surface area contributed by atoms with E-state index in [0.717, 1.165) is 17.7 Å². The van der Waals surface area contributed by atoms with Crippen molar-refractivity contribution in [1.29, 1.82) is 0 Å². The van der Waals surface area contributed by atoms with E-state index in [-0.39, 0.29) is 17.9 Å². The van der Waals surface area contributed by atoms with Crippen LogP contribution in [0.25, 0.3) is 0 Å². The Kier molecular flexibility index (Phi) is 5.17. The van der Waals surface area contributed by atoms with Gasteiger partial charge in [-0.2, -0.15) is 13.2 Å². The molecule has 0 bridgehead atoms. The SMILES string of the molecule is COc1ccc(C[C@@H]2Oc3cc(C(F)(F)F)c(CC(=O)O)cc3NC2=O)cc1. The van der Waals surface area contributed by atoms with Crippen molar-refractivity contribution < 1.29 is 37.3 Å². The third kappa shape index (κ3) is 4.19. The summed E-state index contributed by atoms with van der Waals surface area (Å²) in [6, 6.07) is 8.57. The van der Waals surface area contributed by atoms with E-state index in [9.17, 15) is 22.8 Å². The van der Waals surface area contributed by atoms with Gasteiger partial charge >= 0.3 is 12.1 Å². The molecule has 1 heterocycles. The standard InChI is InChI=1S/C19H16F3NO5/c1-27-12-4-2-10(3-5-12)6-16-18(26)23-14-7-11(8-17(24)25)13(19(20,21)22)9-15(14)28-16/h2-5,7,9,16H,6,8H2,1H3,(H,23,26)(H,24,25)/t16-/m0/s1. The number of rotatable bonds is 5. The zero-order chi connectivity index (χ0) is 20.5. The highest BCUT2D eigenvalue weighted by Gasteiger charge is 2.37. The molecular weight excluding hydrogens is 379 g/mol. The minimum absolute atomic E-state index is 0.0141. The quantitative estimate of drug-likeness (QED) is 0.812. The van der Waals surface area contributed by atoms with E-state index in [1.165, 1.54) is 7.11 Å². The molecule has 0 saturated carbocycles. The van der Waals surface area contributed by atoms with Gasteiger partial charge in [0.2, 0.25) is 0 Å². The summed E-state index contributed by atoms with van der Waals surface area (Å²) in [6.07, 6.45) is -6.45. The summed E-state index contributed by atoms with van der Waals surface area (Å²) in [5.74, 6) is -1.46. The van der Waals surface area contributed by atoms with E-state index in [1.807, 2.05) is 0 Å². The Hall–Kier alpha value is -3.23. The third-order valence-electron chi connectivity index (χ3n) is 4.25. The number of alkyl halides is 3. The van der Waals surface area contributed by atoms with Crippen LogP contribution in [0.5, 0.6) is 11.5 Å². The second-order valence-corrected chi connectivity index (χ2v) is 6.22. The smallest absolute Gasteiger partial charge is 0.416 e. The number of aliphatic carboxylic acids is 1. The van der Waals surface area contributed by atoms with Crippen LogP contribution >= 0.6 is 0 Å². The molecule has 2 aromatic rings. The van der Waals surface area contributed by atoms with E-state index in [4.69, 9.17) is 14.6 Å². The van der Waals surface area contributed by atoms with Crippen LogP contribution in [-0.2, 0) is 28.6 Å². The predicted molar refractivity (Wildman–Crippen MR) is 92.5 cm³/mol. The van der Waals surface area contributed by atoms with E-state index >= 15 is 0 Å². The number of methoxy groups -OCH3 is 1. The number of fused-ring (bicyclic) bond motifs is 1. The predicted octanol–water partition coefficient (Wildman–Crippen LogP) is 3.28. The van der Waals surface area contributed by atoms with Crippen LogP contribution in [0.1, 0.15) is 16.7 Å².